The summed E-state index contributed by atoms with van der Waals surface area (Å²) in [5.74, 6) is 0.610. The Balaban J connectivity index is 1.91. The van der Waals surface area contributed by atoms with Gasteiger partial charge in [0.1, 0.15) is 12.3 Å². The zero-order chi connectivity index (χ0) is 20.8. The van der Waals surface area contributed by atoms with Crippen molar-refractivity contribution in [2.75, 3.05) is 19.5 Å². The Kier molecular flexibility index (Phi) is 6.68. The van der Waals surface area contributed by atoms with Gasteiger partial charge >= 0.3 is 0 Å². The van der Waals surface area contributed by atoms with Crippen LogP contribution in [0.2, 0.25) is 0 Å². The molecule has 2 atom stereocenters. The van der Waals surface area contributed by atoms with Gasteiger partial charge in [0.25, 0.3) is 5.91 Å². The average molecular weight is 390 g/mol. The molecule has 150 valence electrons. The Labute approximate surface area is 173 Å². The van der Waals surface area contributed by atoms with Crippen molar-refractivity contribution in [3.8, 4) is 5.75 Å². The number of hydrogen-bond acceptors (Lipinski definition) is 2. The summed E-state index contributed by atoms with van der Waals surface area (Å²) >= 11 is 0. The maximum atomic E-state index is 13.4. The van der Waals surface area contributed by atoms with E-state index in [0.717, 1.165) is 22.6 Å². The van der Waals surface area contributed by atoms with Gasteiger partial charge in [-0.15, -0.1) is 0 Å². The lowest BCUT2D eigenvalue weighted by Gasteiger charge is -2.25. The van der Waals surface area contributed by atoms with Crippen LogP contribution in [0.5, 0.6) is 5.75 Å². The van der Waals surface area contributed by atoms with Crippen LogP contribution >= 0.6 is 0 Å². The number of hydrogen-bond donors (Lipinski definition) is 2. The van der Waals surface area contributed by atoms with Gasteiger partial charge in [0, 0.05) is 11.1 Å². The fraction of sp³-hybridized carbons (Fsp3) is 0.240. The van der Waals surface area contributed by atoms with Crippen LogP contribution in [-0.4, -0.2) is 20.1 Å². The van der Waals surface area contributed by atoms with Gasteiger partial charge in [0.15, 0.2) is 6.04 Å². The third kappa shape index (κ3) is 5.04. The monoisotopic (exact) mass is 389 g/mol. The van der Waals surface area contributed by atoms with Gasteiger partial charge in [-0.2, -0.15) is 0 Å². The summed E-state index contributed by atoms with van der Waals surface area (Å²) in [7, 11) is 3.68. The Hall–Kier alpha value is -3.11. The Morgan fingerprint density at radius 1 is 1.00 bits per heavy atom. The largest absolute Gasteiger partial charge is 0.495 e. The molecular weight excluding hydrogens is 360 g/mol. The van der Waals surface area contributed by atoms with Crippen LogP contribution in [0.3, 0.4) is 0 Å². The molecule has 0 aliphatic carbocycles. The van der Waals surface area contributed by atoms with Gasteiger partial charge in [0.05, 0.1) is 19.8 Å². The summed E-state index contributed by atoms with van der Waals surface area (Å²) in [6.07, 6.45) is 0. The fourth-order valence-corrected chi connectivity index (χ4v) is 3.64. The summed E-state index contributed by atoms with van der Waals surface area (Å²) < 4.78 is 5.44. The van der Waals surface area contributed by atoms with E-state index in [2.05, 4.69) is 31.4 Å². The lowest BCUT2D eigenvalue weighted by molar-refractivity contribution is -0.915. The van der Waals surface area contributed by atoms with Gasteiger partial charge < -0.3 is 15.0 Å². The van der Waals surface area contributed by atoms with E-state index in [4.69, 9.17) is 4.74 Å². The molecular formula is C25H29N2O2+. The van der Waals surface area contributed by atoms with Gasteiger partial charge in [-0.3, -0.25) is 4.79 Å². The van der Waals surface area contributed by atoms with E-state index in [0.29, 0.717) is 11.4 Å². The zero-order valence-corrected chi connectivity index (χ0v) is 17.5. The van der Waals surface area contributed by atoms with Crippen LogP contribution in [-0.2, 0) is 11.3 Å². The van der Waals surface area contributed by atoms with Crippen molar-refractivity contribution in [1.82, 2.24) is 0 Å². The minimum Gasteiger partial charge on any atom is -0.495 e. The van der Waals surface area contributed by atoms with Crippen LogP contribution in [0.1, 0.15) is 28.3 Å². The Morgan fingerprint density at radius 2 is 1.69 bits per heavy atom. The highest BCUT2D eigenvalue weighted by molar-refractivity contribution is 5.96. The molecule has 3 aromatic carbocycles. The second-order valence-electron chi connectivity index (χ2n) is 7.49. The van der Waals surface area contributed by atoms with Crippen LogP contribution < -0.4 is 15.0 Å². The minimum absolute atomic E-state index is 0.0498. The average Bonchev–Trinajstić information content (AvgIpc) is 2.71. The molecule has 2 N–H and O–H groups in total. The molecule has 0 fully saturated rings. The number of ether oxygens (including phenoxy) is 1. The van der Waals surface area contributed by atoms with E-state index >= 15 is 0 Å². The molecule has 29 heavy (non-hydrogen) atoms. The maximum absolute atomic E-state index is 13.4. The van der Waals surface area contributed by atoms with E-state index < -0.39 is 0 Å². The third-order valence-electron chi connectivity index (χ3n) is 5.23. The topological polar surface area (TPSA) is 42.8 Å². The van der Waals surface area contributed by atoms with E-state index in [1.165, 1.54) is 11.1 Å². The summed E-state index contributed by atoms with van der Waals surface area (Å²) in [6.45, 7) is 4.86. The number of amides is 1. The number of anilines is 1. The summed E-state index contributed by atoms with van der Waals surface area (Å²) in [4.78, 5) is 14.5. The van der Waals surface area contributed by atoms with Crippen LogP contribution in [0.25, 0.3) is 0 Å². The normalized spacial score (nSPS) is 12.8. The van der Waals surface area contributed by atoms with Crippen molar-refractivity contribution >= 4 is 11.6 Å². The lowest BCUT2D eigenvalue weighted by Crippen LogP contribution is -3.09. The first kappa shape index (κ1) is 20.6. The standard InChI is InChI=1S/C25H28N2O2/c1-18-14-15-23(29-4)22(16-18)26-25(28)24(20-11-6-5-7-12-20)27(3)17-21-13-9-8-10-19(21)2/h5-16,24H,17H2,1-4H3,(H,26,28)/p+1/t24-/m1/s1. The number of benzene rings is 3. The van der Waals surface area contributed by atoms with Crippen LogP contribution in [0, 0.1) is 13.8 Å². The van der Waals surface area contributed by atoms with Gasteiger partial charge in [-0.25, -0.2) is 0 Å². The second-order valence-corrected chi connectivity index (χ2v) is 7.49. The maximum Gasteiger partial charge on any atom is 0.287 e. The number of carbonyl (C=O) groups excluding carboxylic acids is 1. The van der Waals surface area contributed by atoms with Crippen molar-refractivity contribution in [1.29, 1.82) is 0 Å². The number of nitrogens with one attached hydrogen (secondary N) is 2. The zero-order valence-electron chi connectivity index (χ0n) is 17.5. The highest BCUT2D eigenvalue weighted by atomic mass is 16.5. The molecule has 0 saturated heterocycles. The van der Waals surface area contributed by atoms with E-state index in [1.54, 1.807) is 7.11 Å². The van der Waals surface area contributed by atoms with E-state index in [1.807, 2.05) is 67.6 Å². The first-order chi connectivity index (χ1) is 14.0. The molecule has 1 amide bonds. The van der Waals surface area contributed by atoms with Crippen LogP contribution in [0.15, 0.2) is 72.8 Å². The highest BCUT2D eigenvalue weighted by Crippen LogP contribution is 2.26. The number of likely N-dealkylation sites (N-methyl/N-ethyl adjacent to an activating group) is 1. The second kappa shape index (κ2) is 9.39. The summed E-state index contributed by atoms with van der Waals surface area (Å²) in [5, 5.41) is 3.10. The molecule has 0 bridgehead atoms. The predicted octanol–water partition coefficient (Wildman–Crippen LogP) is 3.71. The predicted molar refractivity (Wildman–Crippen MR) is 117 cm³/mol. The molecule has 1 unspecified atom stereocenters. The SMILES string of the molecule is COc1ccc(C)cc1NC(=O)[C@@H](c1ccccc1)[NH+](C)Cc1ccccc1C. The number of rotatable bonds is 7. The van der Waals surface area contributed by atoms with E-state index in [-0.39, 0.29) is 11.9 Å². The van der Waals surface area contributed by atoms with Crippen molar-refractivity contribution in [2.24, 2.45) is 0 Å². The molecule has 4 heteroatoms. The smallest absolute Gasteiger partial charge is 0.287 e. The minimum atomic E-state index is -0.346. The molecule has 0 aromatic heterocycles. The number of methoxy groups -OCH3 is 1. The molecule has 4 nitrogen and oxygen atoms in total. The quantitative estimate of drug-likeness (QED) is 0.647. The van der Waals surface area contributed by atoms with Crippen molar-refractivity contribution in [3.63, 3.8) is 0 Å². The summed E-state index contributed by atoms with van der Waals surface area (Å²) in [5.41, 5.74) is 5.23. The number of quaternary nitrogens is 1. The van der Waals surface area contributed by atoms with Gasteiger partial charge in [-0.1, -0.05) is 60.7 Å². The molecule has 0 saturated carbocycles. The molecule has 3 rings (SSSR count). The van der Waals surface area contributed by atoms with Crippen molar-refractivity contribution < 1.29 is 14.4 Å². The van der Waals surface area contributed by atoms with Crippen molar-refractivity contribution in [2.45, 2.75) is 26.4 Å². The lowest BCUT2D eigenvalue weighted by atomic mass is 10.0. The molecule has 0 radical (unpaired) electrons. The number of carbonyl (C=O) groups is 1. The molecule has 0 aliphatic heterocycles. The molecule has 0 heterocycles. The molecule has 3 aromatic rings. The van der Waals surface area contributed by atoms with Crippen LogP contribution in [0.4, 0.5) is 5.69 Å². The van der Waals surface area contributed by atoms with Gasteiger partial charge in [0.2, 0.25) is 0 Å². The van der Waals surface area contributed by atoms with Gasteiger partial charge in [-0.05, 0) is 37.1 Å². The van der Waals surface area contributed by atoms with Crippen molar-refractivity contribution in [3.05, 3.63) is 95.1 Å². The third-order valence-corrected chi connectivity index (χ3v) is 5.23. The Morgan fingerprint density at radius 3 is 2.38 bits per heavy atom. The highest BCUT2D eigenvalue weighted by Gasteiger charge is 2.30. The molecule has 0 aliphatic rings. The first-order valence-electron chi connectivity index (χ1n) is 9.87. The van der Waals surface area contributed by atoms with E-state index in [9.17, 15) is 4.79 Å². The number of aryl methyl sites for hydroxylation is 2. The fourth-order valence-electron chi connectivity index (χ4n) is 3.64. The molecule has 0 spiro atoms. The Bertz CT molecular complexity index is 970. The first-order valence-corrected chi connectivity index (χ1v) is 9.87. The summed E-state index contributed by atoms with van der Waals surface area (Å²) in [6, 6.07) is 23.7.